The van der Waals surface area contributed by atoms with Crippen LogP contribution < -0.4 is 5.32 Å². The summed E-state index contributed by atoms with van der Waals surface area (Å²) < 4.78 is 24.7. The Labute approximate surface area is 117 Å². The summed E-state index contributed by atoms with van der Waals surface area (Å²) >= 11 is 0. The van der Waals surface area contributed by atoms with Crippen LogP contribution in [-0.2, 0) is 15.6 Å². The molecule has 0 radical (unpaired) electrons. The quantitative estimate of drug-likeness (QED) is 0.873. The first kappa shape index (κ1) is 16.2. The average Bonchev–Trinajstić information content (AvgIpc) is 2.26. The lowest BCUT2D eigenvalue weighted by Crippen LogP contribution is -2.30. The van der Waals surface area contributed by atoms with Crippen LogP contribution in [-0.4, -0.2) is 26.8 Å². The zero-order valence-corrected chi connectivity index (χ0v) is 13.3. The number of hydrogen-bond acceptors (Lipinski definition) is 3. The van der Waals surface area contributed by atoms with E-state index in [-0.39, 0.29) is 17.0 Å². The Bertz CT molecular complexity index is 503. The smallest absolute Gasteiger partial charge is 0.157 e. The molecule has 2 unspecified atom stereocenters. The molecule has 0 aromatic heterocycles. The second-order valence-electron chi connectivity index (χ2n) is 5.54. The van der Waals surface area contributed by atoms with Gasteiger partial charge in [-0.3, -0.25) is 0 Å². The van der Waals surface area contributed by atoms with Crippen molar-refractivity contribution < 1.29 is 8.42 Å². The van der Waals surface area contributed by atoms with Gasteiger partial charge in [-0.1, -0.05) is 29.3 Å². The minimum absolute atomic E-state index is 0.132. The van der Waals surface area contributed by atoms with Crippen LogP contribution in [0.4, 0.5) is 0 Å². The molecule has 1 rings (SSSR count). The summed E-state index contributed by atoms with van der Waals surface area (Å²) in [7, 11) is -1.24. The number of rotatable bonds is 6. The Kier molecular flexibility index (Phi) is 5.56. The second kappa shape index (κ2) is 6.53. The molecule has 0 saturated heterocycles. The van der Waals surface area contributed by atoms with Crippen molar-refractivity contribution in [3.63, 3.8) is 0 Å². The van der Waals surface area contributed by atoms with Crippen molar-refractivity contribution in [2.24, 2.45) is 0 Å². The molecule has 0 bridgehead atoms. The fourth-order valence-corrected chi connectivity index (χ4v) is 3.79. The normalized spacial score (nSPS) is 15.2. The van der Waals surface area contributed by atoms with Gasteiger partial charge in [0.1, 0.15) is 0 Å². The van der Waals surface area contributed by atoms with E-state index in [1.807, 2.05) is 40.0 Å². The molecule has 3 nitrogen and oxygen atoms in total. The molecule has 1 aromatic carbocycles. The van der Waals surface area contributed by atoms with E-state index in [2.05, 4.69) is 11.4 Å². The van der Waals surface area contributed by atoms with Crippen molar-refractivity contribution in [2.45, 2.75) is 51.2 Å². The Hall–Kier alpha value is -0.870. The lowest BCUT2D eigenvalue weighted by Gasteiger charge is -2.17. The van der Waals surface area contributed by atoms with E-state index in [9.17, 15) is 8.42 Å². The first-order valence-electron chi connectivity index (χ1n) is 6.70. The summed E-state index contributed by atoms with van der Waals surface area (Å²) in [5.41, 5.74) is 3.12. The summed E-state index contributed by atoms with van der Waals surface area (Å²) in [6.07, 6.45) is 0.642. The third-order valence-electron chi connectivity index (χ3n) is 3.44. The Balaban J connectivity index is 2.84. The van der Waals surface area contributed by atoms with E-state index < -0.39 is 9.84 Å². The molecule has 0 saturated carbocycles. The van der Waals surface area contributed by atoms with Gasteiger partial charge in [-0.05, 0) is 46.7 Å². The minimum atomic E-state index is -3.09. The van der Waals surface area contributed by atoms with Gasteiger partial charge >= 0.3 is 0 Å². The van der Waals surface area contributed by atoms with Gasteiger partial charge in [-0.15, -0.1) is 0 Å². The van der Waals surface area contributed by atoms with E-state index in [0.717, 1.165) is 16.7 Å². The van der Waals surface area contributed by atoms with Gasteiger partial charge in [0.25, 0.3) is 0 Å². The molecule has 0 fully saturated rings. The standard InChI is InChI=1S/C15H25NO2S/c1-11-6-12(2)8-15(7-11)10-19(17,18)14(4)9-13(3)16-5/h6-8,13-14,16H,9-10H2,1-5H3. The first-order chi connectivity index (χ1) is 8.74. The summed E-state index contributed by atoms with van der Waals surface area (Å²) in [4.78, 5) is 0. The zero-order chi connectivity index (χ0) is 14.6. The minimum Gasteiger partial charge on any atom is -0.317 e. The molecule has 2 atom stereocenters. The molecular formula is C15H25NO2S. The van der Waals surface area contributed by atoms with Crippen molar-refractivity contribution >= 4 is 9.84 Å². The third-order valence-corrected chi connectivity index (χ3v) is 5.59. The van der Waals surface area contributed by atoms with Crippen molar-refractivity contribution in [1.29, 1.82) is 0 Å². The third kappa shape index (κ3) is 4.96. The van der Waals surface area contributed by atoms with E-state index in [0.29, 0.717) is 6.42 Å². The zero-order valence-electron chi connectivity index (χ0n) is 12.5. The number of hydrogen-bond donors (Lipinski definition) is 1. The predicted molar refractivity (Wildman–Crippen MR) is 81.1 cm³/mol. The van der Waals surface area contributed by atoms with Gasteiger partial charge in [0, 0.05) is 6.04 Å². The van der Waals surface area contributed by atoms with Gasteiger partial charge in [-0.2, -0.15) is 0 Å². The van der Waals surface area contributed by atoms with Crippen LogP contribution in [0.3, 0.4) is 0 Å². The fraction of sp³-hybridized carbons (Fsp3) is 0.600. The van der Waals surface area contributed by atoms with E-state index >= 15 is 0 Å². The van der Waals surface area contributed by atoms with Crippen LogP contribution in [0.15, 0.2) is 18.2 Å². The SMILES string of the molecule is CNC(C)CC(C)S(=O)(=O)Cc1cc(C)cc(C)c1. The second-order valence-corrected chi connectivity index (χ2v) is 7.96. The first-order valence-corrected chi connectivity index (χ1v) is 8.42. The van der Waals surface area contributed by atoms with Crippen LogP contribution in [0.2, 0.25) is 0 Å². The monoisotopic (exact) mass is 283 g/mol. The fourth-order valence-electron chi connectivity index (χ4n) is 2.29. The number of sulfone groups is 1. The molecule has 4 heteroatoms. The Morgan fingerprint density at radius 3 is 2.11 bits per heavy atom. The number of benzene rings is 1. The van der Waals surface area contributed by atoms with Crippen molar-refractivity contribution in [3.8, 4) is 0 Å². The molecule has 0 aliphatic carbocycles. The lowest BCUT2D eigenvalue weighted by atomic mass is 10.1. The highest BCUT2D eigenvalue weighted by atomic mass is 32.2. The van der Waals surface area contributed by atoms with Crippen molar-refractivity contribution in [2.75, 3.05) is 7.05 Å². The summed E-state index contributed by atoms with van der Waals surface area (Å²) in [6.45, 7) is 7.79. The Morgan fingerprint density at radius 2 is 1.63 bits per heavy atom. The molecule has 0 amide bonds. The van der Waals surface area contributed by atoms with Gasteiger partial charge in [0.15, 0.2) is 9.84 Å². The maximum Gasteiger partial charge on any atom is 0.157 e. The highest BCUT2D eigenvalue weighted by molar-refractivity contribution is 7.91. The largest absolute Gasteiger partial charge is 0.317 e. The van der Waals surface area contributed by atoms with Gasteiger partial charge in [0.2, 0.25) is 0 Å². The average molecular weight is 283 g/mol. The van der Waals surface area contributed by atoms with Crippen molar-refractivity contribution in [1.82, 2.24) is 5.32 Å². The highest BCUT2D eigenvalue weighted by Crippen LogP contribution is 2.17. The highest BCUT2D eigenvalue weighted by Gasteiger charge is 2.23. The summed E-state index contributed by atoms with van der Waals surface area (Å²) in [5, 5.41) is 2.76. The van der Waals surface area contributed by atoms with Crippen LogP contribution in [0.1, 0.15) is 37.0 Å². The molecule has 0 heterocycles. The van der Waals surface area contributed by atoms with Crippen LogP contribution in [0, 0.1) is 13.8 Å². The van der Waals surface area contributed by atoms with Crippen molar-refractivity contribution in [3.05, 3.63) is 34.9 Å². The predicted octanol–water partition coefficient (Wildman–Crippen LogP) is 2.60. The van der Waals surface area contributed by atoms with E-state index in [1.165, 1.54) is 0 Å². The van der Waals surface area contributed by atoms with Crippen LogP contribution in [0.5, 0.6) is 0 Å². The molecule has 19 heavy (non-hydrogen) atoms. The van der Waals surface area contributed by atoms with E-state index in [4.69, 9.17) is 0 Å². The molecule has 0 aliphatic rings. The maximum absolute atomic E-state index is 12.3. The summed E-state index contributed by atoms with van der Waals surface area (Å²) in [6, 6.07) is 6.18. The molecule has 1 N–H and O–H groups in total. The summed E-state index contributed by atoms with van der Waals surface area (Å²) in [5.74, 6) is 0.132. The number of aryl methyl sites for hydroxylation is 2. The van der Waals surface area contributed by atoms with Gasteiger partial charge in [0.05, 0.1) is 11.0 Å². The molecule has 0 aliphatic heterocycles. The van der Waals surface area contributed by atoms with Gasteiger partial charge < -0.3 is 5.32 Å². The number of nitrogens with one attached hydrogen (secondary N) is 1. The molecular weight excluding hydrogens is 258 g/mol. The molecule has 0 spiro atoms. The maximum atomic E-state index is 12.3. The lowest BCUT2D eigenvalue weighted by molar-refractivity contribution is 0.530. The Morgan fingerprint density at radius 1 is 1.11 bits per heavy atom. The molecule has 1 aromatic rings. The van der Waals surface area contributed by atoms with E-state index in [1.54, 1.807) is 6.92 Å². The molecule has 108 valence electrons. The topological polar surface area (TPSA) is 46.2 Å². The van der Waals surface area contributed by atoms with Crippen LogP contribution in [0.25, 0.3) is 0 Å². The van der Waals surface area contributed by atoms with Crippen LogP contribution >= 0.6 is 0 Å². The van der Waals surface area contributed by atoms with Gasteiger partial charge in [-0.25, -0.2) is 8.42 Å².